The zero-order valence-corrected chi connectivity index (χ0v) is 15.9. The molecule has 4 nitrogen and oxygen atoms in total. The first-order chi connectivity index (χ1) is 12.7. The summed E-state index contributed by atoms with van der Waals surface area (Å²) >= 11 is 3.40. The van der Waals surface area contributed by atoms with E-state index in [1.165, 1.54) is 11.1 Å². The van der Waals surface area contributed by atoms with Crippen LogP contribution in [0.4, 0.5) is 0 Å². The molecule has 5 heteroatoms. The zero-order valence-electron chi connectivity index (χ0n) is 14.4. The molecule has 2 aromatic carbocycles. The van der Waals surface area contributed by atoms with Gasteiger partial charge in [0.25, 0.3) is 5.91 Å². The van der Waals surface area contributed by atoms with Gasteiger partial charge in [-0.1, -0.05) is 36.4 Å². The number of rotatable bonds is 4. The summed E-state index contributed by atoms with van der Waals surface area (Å²) in [6.45, 7) is 0.684. The van der Waals surface area contributed by atoms with Crippen LogP contribution in [-0.2, 0) is 13.0 Å². The molecule has 0 radical (unpaired) electrons. The Labute approximate surface area is 161 Å². The average Bonchev–Trinajstić information content (AvgIpc) is 3.07. The lowest BCUT2D eigenvalue weighted by atomic mass is 9.87. The number of benzene rings is 2. The molecule has 0 bridgehead atoms. The molecule has 0 saturated heterocycles. The van der Waals surface area contributed by atoms with Crippen molar-refractivity contribution in [2.24, 2.45) is 0 Å². The van der Waals surface area contributed by atoms with E-state index in [0.29, 0.717) is 12.1 Å². The van der Waals surface area contributed by atoms with Gasteiger partial charge >= 0.3 is 0 Å². The van der Waals surface area contributed by atoms with Gasteiger partial charge in [0.1, 0.15) is 0 Å². The highest BCUT2D eigenvalue weighted by Gasteiger charge is 2.21. The Morgan fingerprint density at radius 1 is 1.19 bits per heavy atom. The molecule has 1 heterocycles. The van der Waals surface area contributed by atoms with Crippen molar-refractivity contribution < 1.29 is 4.79 Å². The first-order valence-electron chi connectivity index (χ1n) is 8.84. The number of hydrogen-bond acceptors (Lipinski definition) is 2. The van der Waals surface area contributed by atoms with E-state index in [4.69, 9.17) is 0 Å². The van der Waals surface area contributed by atoms with Gasteiger partial charge in [-0.05, 0) is 64.0 Å². The maximum atomic E-state index is 12.7. The highest BCUT2D eigenvalue weighted by atomic mass is 79.9. The molecular weight excluding hydrogens is 390 g/mol. The average molecular weight is 410 g/mol. The van der Waals surface area contributed by atoms with E-state index >= 15 is 0 Å². The summed E-state index contributed by atoms with van der Waals surface area (Å²) in [4.78, 5) is 12.7. The third-order valence-electron chi connectivity index (χ3n) is 4.84. The maximum absolute atomic E-state index is 12.7. The highest BCUT2D eigenvalue weighted by molar-refractivity contribution is 9.10. The van der Waals surface area contributed by atoms with Crippen molar-refractivity contribution in [2.75, 3.05) is 0 Å². The summed E-state index contributed by atoms with van der Waals surface area (Å²) in [6, 6.07) is 16.3. The Hall–Kier alpha value is -2.40. The van der Waals surface area contributed by atoms with E-state index in [1.807, 2.05) is 41.2 Å². The topological polar surface area (TPSA) is 46.9 Å². The van der Waals surface area contributed by atoms with Crippen LogP contribution in [0.1, 0.15) is 45.9 Å². The fraction of sp³-hybridized carbons (Fsp3) is 0.238. The molecule has 1 aliphatic carbocycles. The summed E-state index contributed by atoms with van der Waals surface area (Å²) in [6.07, 6.45) is 6.90. The number of carbonyl (C=O) groups is 1. The smallest absolute Gasteiger partial charge is 0.251 e. The van der Waals surface area contributed by atoms with Crippen LogP contribution < -0.4 is 5.32 Å². The number of carbonyl (C=O) groups excluding carboxylic acids is 1. The number of aryl methyl sites for hydroxylation is 1. The Kier molecular flexibility index (Phi) is 4.89. The van der Waals surface area contributed by atoms with Crippen molar-refractivity contribution in [3.8, 4) is 0 Å². The molecule has 0 unspecified atom stereocenters. The van der Waals surface area contributed by atoms with Gasteiger partial charge in [-0.2, -0.15) is 5.10 Å². The number of halogens is 1. The summed E-state index contributed by atoms with van der Waals surface area (Å²) in [5.41, 5.74) is 4.41. The molecule has 3 aromatic rings. The van der Waals surface area contributed by atoms with E-state index in [-0.39, 0.29) is 11.9 Å². The Bertz CT molecular complexity index is 917. The summed E-state index contributed by atoms with van der Waals surface area (Å²) in [7, 11) is 0. The van der Waals surface area contributed by atoms with Crippen molar-refractivity contribution in [3.05, 3.63) is 87.7 Å². The van der Waals surface area contributed by atoms with Crippen molar-refractivity contribution in [1.82, 2.24) is 15.1 Å². The van der Waals surface area contributed by atoms with Gasteiger partial charge in [-0.3, -0.25) is 9.48 Å². The number of amides is 1. The molecular formula is C21H20BrN3O. The summed E-state index contributed by atoms with van der Waals surface area (Å²) in [5, 5.41) is 7.46. The van der Waals surface area contributed by atoms with E-state index in [1.54, 1.807) is 6.20 Å². The van der Waals surface area contributed by atoms with Crippen molar-refractivity contribution in [1.29, 1.82) is 0 Å². The van der Waals surface area contributed by atoms with Gasteiger partial charge < -0.3 is 5.32 Å². The lowest BCUT2D eigenvalue weighted by Gasteiger charge is -2.26. The second-order valence-corrected chi connectivity index (χ2v) is 7.59. The predicted molar refractivity (Wildman–Crippen MR) is 105 cm³/mol. The third kappa shape index (κ3) is 3.73. The normalized spacial score (nSPS) is 16.1. The molecule has 1 amide bonds. The van der Waals surface area contributed by atoms with E-state index < -0.39 is 0 Å². The molecule has 1 N–H and O–H groups in total. The minimum absolute atomic E-state index is 0.0138. The predicted octanol–water partition coefficient (Wildman–Crippen LogP) is 4.50. The minimum Gasteiger partial charge on any atom is -0.345 e. The van der Waals surface area contributed by atoms with Crippen LogP contribution in [0.5, 0.6) is 0 Å². The number of nitrogens with one attached hydrogen (secondary N) is 1. The van der Waals surface area contributed by atoms with Gasteiger partial charge in [0.2, 0.25) is 0 Å². The van der Waals surface area contributed by atoms with Crippen molar-refractivity contribution >= 4 is 21.8 Å². The molecule has 1 aliphatic rings. The van der Waals surface area contributed by atoms with Crippen LogP contribution in [0, 0.1) is 0 Å². The Balaban J connectivity index is 1.44. The molecule has 4 rings (SSSR count). The molecule has 132 valence electrons. The van der Waals surface area contributed by atoms with Gasteiger partial charge in [0, 0.05) is 11.8 Å². The Morgan fingerprint density at radius 3 is 2.77 bits per heavy atom. The molecule has 1 aromatic heterocycles. The summed E-state index contributed by atoms with van der Waals surface area (Å²) in [5.74, 6) is -0.0138. The van der Waals surface area contributed by atoms with Gasteiger partial charge in [0.15, 0.2) is 0 Å². The SMILES string of the molecule is O=C(N[C@H]1CCCc2ccccc21)c1ccc(Cn2cc(Br)cn2)cc1. The van der Waals surface area contributed by atoms with Crippen LogP contribution in [0.15, 0.2) is 65.4 Å². The fourth-order valence-electron chi connectivity index (χ4n) is 3.52. The van der Waals surface area contributed by atoms with Gasteiger partial charge in [-0.15, -0.1) is 0 Å². The third-order valence-corrected chi connectivity index (χ3v) is 5.25. The van der Waals surface area contributed by atoms with E-state index in [2.05, 4.69) is 44.5 Å². The fourth-order valence-corrected chi connectivity index (χ4v) is 3.85. The van der Waals surface area contributed by atoms with Gasteiger partial charge in [-0.25, -0.2) is 0 Å². The molecule has 0 spiro atoms. The van der Waals surface area contributed by atoms with Crippen LogP contribution in [-0.4, -0.2) is 15.7 Å². The minimum atomic E-state index is -0.0138. The number of hydrogen-bond donors (Lipinski definition) is 1. The zero-order chi connectivity index (χ0) is 17.9. The second-order valence-electron chi connectivity index (χ2n) is 6.67. The van der Waals surface area contributed by atoms with Crippen LogP contribution in [0.25, 0.3) is 0 Å². The molecule has 26 heavy (non-hydrogen) atoms. The van der Waals surface area contributed by atoms with Gasteiger partial charge in [0.05, 0.1) is 23.3 Å². The molecule has 0 fully saturated rings. The lowest BCUT2D eigenvalue weighted by Crippen LogP contribution is -2.30. The number of aromatic nitrogens is 2. The molecule has 0 aliphatic heterocycles. The number of fused-ring (bicyclic) bond motifs is 1. The second kappa shape index (κ2) is 7.46. The largest absolute Gasteiger partial charge is 0.345 e. The lowest BCUT2D eigenvalue weighted by molar-refractivity contribution is 0.0932. The first kappa shape index (κ1) is 17.0. The quantitative estimate of drug-likeness (QED) is 0.689. The highest BCUT2D eigenvalue weighted by Crippen LogP contribution is 2.29. The maximum Gasteiger partial charge on any atom is 0.251 e. The van der Waals surface area contributed by atoms with Crippen molar-refractivity contribution in [2.45, 2.75) is 31.8 Å². The van der Waals surface area contributed by atoms with Crippen LogP contribution in [0.2, 0.25) is 0 Å². The molecule has 1 atom stereocenters. The Morgan fingerprint density at radius 2 is 2.00 bits per heavy atom. The van der Waals surface area contributed by atoms with Crippen LogP contribution in [0.3, 0.4) is 0 Å². The number of nitrogens with zero attached hydrogens (tertiary/aromatic N) is 2. The van der Waals surface area contributed by atoms with Crippen LogP contribution >= 0.6 is 15.9 Å². The monoisotopic (exact) mass is 409 g/mol. The van der Waals surface area contributed by atoms with E-state index in [0.717, 1.165) is 29.3 Å². The van der Waals surface area contributed by atoms with E-state index in [9.17, 15) is 4.79 Å². The molecule has 0 saturated carbocycles. The summed E-state index contributed by atoms with van der Waals surface area (Å²) < 4.78 is 2.82. The first-order valence-corrected chi connectivity index (χ1v) is 9.64. The van der Waals surface area contributed by atoms with Crippen molar-refractivity contribution in [3.63, 3.8) is 0 Å². The standard InChI is InChI=1S/C21H20BrN3O/c22-18-12-23-25(14-18)13-15-8-10-17(11-9-15)21(26)24-20-7-3-5-16-4-1-2-6-19(16)20/h1-2,4,6,8-12,14,20H,3,5,7,13H2,(H,24,26)/t20-/m0/s1.